The molecule has 0 heterocycles. The average molecular weight is 308 g/mol. The van der Waals surface area contributed by atoms with Gasteiger partial charge in [-0.15, -0.1) is 11.8 Å². The zero-order valence-corrected chi connectivity index (χ0v) is 13.0. The van der Waals surface area contributed by atoms with Gasteiger partial charge in [-0.05, 0) is 42.7 Å². The number of nitrogens with one attached hydrogen (secondary N) is 1. The highest BCUT2D eigenvalue weighted by Gasteiger charge is 2.37. The van der Waals surface area contributed by atoms with Crippen LogP contribution in [0.25, 0.3) is 0 Å². The van der Waals surface area contributed by atoms with Gasteiger partial charge < -0.3 is 15.3 Å². The van der Waals surface area contributed by atoms with E-state index in [0.29, 0.717) is 6.54 Å². The van der Waals surface area contributed by atoms with Gasteiger partial charge in [0.15, 0.2) is 0 Å². The Morgan fingerprint density at radius 3 is 2.76 bits per heavy atom. The fourth-order valence-corrected chi connectivity index (χ4v) is 2.65. The first-order valence-corrected chi connectivity index (χ1v) is 8.11. The minimum absolute atomic E-state index is 0.0830. The SMILES string of the molecule is CSc1cccc(CN(C)C(=O)NC(C(=O)O)C2CC2)c1. The summed E-state index contributed by atoms with van der Waals surface area (Å²) in [4.78, 5) is 25.9. The van der Waals surface area contributed by atoms with Gasteiger partial charge in [-0.3, -0.25) is 0 Å². The Bertz CT molecular complexity index is 531. The molecular formula is C15H20N2O3S. The molecule has 0 saturated heterocycles. The molecule has 1 aromatic carbocycles. The summed E-state index contributed by atoms with van der Waals surface area (Å²) < 4.78 is 0. The van der Waals surface area contributed by atoms with Crippen LogP contribution in [0.5, 0.6) is 0 Å². The van der Waals surface area contributed by atoms with E-state index in [9.17, 15) is 9.59 Å². The third kappa shape index (κ3) is 4.39. The maximum atomic E-state index is 12.1. The van der Waals surface area contributed by atoms with E-state index >= 15 is 0 Å². The van der Waals surface area contributed by atoms with Crippen molar-refractivity contribution < 1.29 is 14.7 Å². The van der Waals surface area contributed by atoms with Crippen molar-refractivity contribution in [1.82, 2.24) is 10.2 Å². The lowest BCUT2D eigenvalue weighted by Gasteiger charge is -2.21. The fraction of sp³-hybridized carbons (Fsp3) is 0.467. The van der Waals surface area contributed by atoms with E-state index in [1.54, 1.807) is 18.8 Å². The lowest BCUT2D eigenvalue weighted by molar-refractivity contribution is -0.139. The molecule has 0 radical (unpaired) electrons. The number of carboxylic acid groups (broad SMARTS) is 1. The minimum Gasteiger partial charge on any atom is -0.480 e. The molecule has 1 aliphatic carbocycles. The van der Waals surface area contributed by atoms with Crippen LogP contribution in [-0.2, 0) is 11.3 Å². The number of hydrogen-bond donors (Lipinski definition) is 2. The van der Waals surface area contributed by atoms with Crippen LogP contribution in [0.4, 0.5) is 4.79 Å². The lowest BCUT2D eigenvalue weighted by atomic mass is 10.2. The van der Waals surface area contributed by atoms with Gasteiger partial charge >= 0.3 is 12.0 Å². The monoisotopic (exact) mass is 308 g/mol. The molecule has 0 aliphatic heterocycles. The summed E-state index contributed by atoms with van der Waals surface area (Å²) in [5.74, 6) is -0.872. The highest BCUT2D eigenvalue weighted by molar-refractivity contribution is 7.98. The van der Waals surface area contributed by atoms with Gasteiger partial charge in [0.2, 0.25) is 0 Å². The molecule has 2 rings (SSSR count). The number of carbonyl (C=O) groups is 2. The molecule has 1 unspecified atom stereocenters. The molecular weight excluding hydrogens is 288 g/mol. The number of benzene rings is 1. The Balaban J connectivity index is 1.93. The number of aliphatic carboxylic acids is 1. The molecule has 1 fully saturated rings. The summed E-state index contributed by atoms with van der Waals surface area (Å²) in [6, 6.07) is 6.85. The average Bonchev–Trinajstić information content (AvgIpc) is 3.28. The van der Waals surface area contributed by atoms with E-state index in [-0.39, 0.29) is 11.9 Å². The van der Waals surface area contributed by atoms with Crippen LogP contribution < -0.4 is 5.32 Å². The molecule has 6 heteroatoms. The number of rotatable bonds is 6. The summed E-state index contributed by atoms with van der Waals surface area (Å²) in [5, 5.41) is 11.7. The Hall–Kier alpha value is -1.69. The second-order valence-corrected chi connectivity index (χ2v) is 6.19. The zero-order chi connectivity index (χ0) is 15.4. The Labute approximate surface area is 128 Å². The van der Waals surface area contributed by atoms with E-state index in [0.717, 1.165) is 23.3 Å². The Morgan fingerprint density at radius 2 is 2.19 bits per heavy atom. The van der Waals surface area contributed by atoms with Crippen molar-refractivity contribution in [2.75, 3.05) is 13.3 Å². The lowest BCUT2D eigenvalue weighted by Crippen LogP contribution is -2.47. The first-order valence-electron chi connectivity index (χ1n) is 6.88. The van der Waals surface area contributed by atoms with Crippen LogP contribution in [0, 0.1) is 5.92 Å². The van der Waals surface area contributed by atoms with E-state index < -0.39 is 12.0 Å². The third-order valence-corrected chi connectivity index (χ3v) is 4.26. The predicted molar refractivity (Wildman–Crippen MR) is 82.4 cm³/mol. The minimum atomic E-state index is -0.955. The van der Waals surface area contributed by atoms with Gasteiger partial charge in [-0.1, -0.05) is 12.1 Å². The normalized spacial score (nSPS) is 15.3. The van der Waals surface area contributed by atoms with Crippen LogP contribution in [0.3, 0.4) is 0 Å². The van der Waals surface area contributed by atoms with Gasteiger partial charge in [-0.2, -0.15) is 0 Å². The van der Waals surface area contributed by atoms with Gasteiger partial charge in [0.1, 0.15) is 6.04 Å². The summed E-state index contributed by atoms with van der Waals surface area (Å²) in [6.07, 6.45) is 3.75. The second-order valence-electron chi connectivity index (χ2n) is 5.31. The van der Waals surface area contributed by atoms with Crippen LogP contribution in [0.1, 0.15) is 18.4 Å². The molecule has 2 N–H and O–H groups in total. The van der Waals surface area contributed by atoms with Crippen molar-refractivity contribution in [3.8, 4) is 0 Å². The zero-order valence-electron chi connectivity index (χ0n) is 12.2. The van der Waals surface area contributed by atoms with Crippen LogP contribution >= 0.6 is 11.8 Å². The predicted octanol–water partition coefficient (Wildman–Crippen LogP) is 2.41. The number of amides is 2. The van der Waals surface area contributed by atoms with E-state index in [2.05, 4.69) is 5.32 Å². The van der Waals surface area contributed by atoms with Crippen LogP contribution in [0.15, 0.2) is 29.2 Å². The Morgan fingerprint density at radius 1 is 1.48 bits per heavy atom. The van der Waals surface area contributed by atoms with Crippen molar-refractivity contribution >= 4 is 23.8 Å². The summed E-state index contributed by atoms with van der Waals surface area (Å²) in [5.41, 5.74) is 1.03. The largest absolute Gasteiger partial charge is 0.480 e. The van der Waals surface area contributed by atoms with Crippen molar-refractivity contribution in [1.29, 1.82) is 0 Å². The van der Waals surface area contributed by atoms with E-state index in [1.807, 2.05) is 30.5 Å². The molecule has 0 spiro atoms. The third-order valence-electron chi connectivity index (χ3n) is 3.54. The van der Waals surface area contributed by atoms with E-state index in [1.165, 1.54) is 4.90 Å². The highest BCUT2D eigenvalue weighted by atomic mass is 32.2. The number of carbonyl (C=O) groups excluding carboxylic acids is 1. The fourth-order valence-electron chi connectivity index (χ4n) is 2.17. The number of hydrogen-bond acceptors (Lipinski definition) is 3. The maximum absolute atomic E-state index is 12.1. The summed E-state index contributed by atoms with van der Waals surface area (Å²) in [6.45, 7) is 0.456. The Kier molecular flexibility index (Phi) is 5.12. The van der Waals surface area contributed by atoms with E-state index in [4.69, 9.17) is 5.11 Å². The summed E-state index contributed by atoms with van der Waals surface area (Å²) in [7, 11) is 1.67. The van der Waals surface area contributed by atoms with Gasteiger partial charge in [-0.25, -0.2) is 9.59 Å². The number of urea groups is 1. The van der Waals surface area contributed by atoms with Crippen LogP contribution in [-0.4, -0.2) is 41.4 Å². The van der Waals surface area contributed by atoms with Crippen molar-refractivity contribution in [3.05, 3.63) is 29.8 Å². The molecule has 1 saturated carbocycles. The standard InChI is InChI=1S/C15H20N2O3S/c1-17(9-10-4-3-5-12(8-10)21-2)15(20)16-13(14(18)19)11-6-7-11/h3-5,8,11,13H,6-7,9H2,1-2H3,(H,16,20)(H,18,19). The molecule has 114 valence electrons. The molecule has 0 bridgehead atoms. The number of thioether (sulfide) groups is 1. The number of carboxylic acids is 1. The molecule has 1 aliphatic rings. The second kappa shape index (κ2) is 6.85. The molecule has 1 atom stereocenters. The first-order chi connectivity index (χ1) is 10.0. The quantitative estimate of drug-likeness (QED) is 0.792. The van der Waals surface area contributed by atoms with Crippen molar-refractivity contribution in [2.45, 2.75) is 30.3 Å². The maximum Gasteiger partial charge on any atom is 0.326 e. The van der Waals surface area contributed by atoms with Gasteiger partial charge in [0.25, 0.3) is 0 Å². The molecule has 0 aromatic heterocycles. The van der Waals surface area contributed by atoms with Gasteiger partial charge in [0, 0.05) is 18.5 Å². The smallest absolute Gasteiger partial charge is 0.326 e. The first kappa shape index (κ1) is 15.7. The topological polar surface area (TPSA) is 69.6 Å². The molecule has 2 amide bonds. The van der Waals surface area contributed by atoms with Crippen molar-refractivity contribution in [3.63, 3.8) is 0 Å². The highest BCUT2D eigenvalue weighted by Crippen LogP contribution is 2.32. The molecule has 1 aromatic rings. The summed E-state index contributed by atoms with van der Waals surface area (Å²) >= 11 is 1.65. The van der Waals surface area contributed by atoms with Crippen molar-refractivity contribution in [2.24, 2.45) is 5.92 Å². The number of nitrogens with zero attached hydrogens (tertiary/aromatic N) is 1. The molecule has 21 heavy (non-hydrogen) atoms. The molecule has 5 nitrogen and oxygen atoms in total. The van der Waals surface area contributed by atoms with Gasteiger partial charge in [0.05, 0.1) is 0 Å². The van der Waals surface area contributed by atoms with Crippen LogP contribution in [0.2, 0.25) is 0 Å².